The molecule has 2 aromatic heterocycles. The van der Waals surface area contributed by atoms with Gasteiger partial charge in [0.15, 0.2) is 5.69 Å². The molecule has 0 aliphatic carbocycles. The van der Waals surface area contributed by atoms with Crippen molar-refractivity contribution in [3.05, 3.63) is 41.4 Å². The van der Waals surface area contributed by atoms with Gasteiger partial charge < -0.3 is 10.4 Å². The lowest BCUT2D eigenvalue weighted by molar-refractivity contribution is 0.0690. The summed E-state index contributed by atoms with van der Waals surface area (Å²) < 4.78 is 0. The first-order valence-electron chi connectivity index (χ1n) is 5.65. The summed E-state index contributed by atoms with van der Waals surface area (Å²) in [7, 11) is 0. The zero-order chi connectivity index (χ0) is 13.8. The largest absolute Gasteiger partial charge is 0.476 e. The lowest BCUT2D eigenvalue weighted by atomic mass is 10.3. The molecule has 0 fully saturated rings. The molecule has 2 N–H and O–H groups in total. The molecule has 0 atom stereocenters. The van der Waals surface area contributed by atoms with Gasteiger partial charge in [0.2, 0.25) is 0 Å². The molecule has 2 rings (SSSR count). The van der Waals surface area contributed by atoms with Gasteiger partial charge in [-0.25, -0.2) is 24.7 Å². The van der Waals surface area contributed by atoms with Crippen molar-refractivity contribution < 1.29 is 9.90 Å². The predicted octanol–water partition coefficient (Wildman–Crippen LogP) is 1.19. The van der Waals surface area contributed by atoms with Crippen LogP contribution in [0.2, 0.25) is 0 Å². The number of carboxylic acids is 1. The van der Waals surface area contributed by atoms with E-state index in [0.29, 0.717) is 18.2 Å². The number of hydrogen-bond donors (Lipinski definition) is 2. The Balaban J connectivity index is 2.03. The third kappa shape index (κ3) is 3.44. The fourth-order valence-electron chi connectivity index (χ4n) is 1.60. The maximum atomic E-state index is 10.6. The Bertz CT molecular complexity index is 577. The van der Waals surface area contributed by atoms with E-state index in [4.69, 9.17) is 5.11 Å². The highest BCUT2D eigenvalue weighted by molar-refractivity contribution is 5.84. The van der Waals surface area contributed by atoms with Crippen molar-refractivity contribution in [2.24, 2.45) is 0 Å². The highest BCUT2D eigenvalue weighted by atomic mass is 16.4. The van der Waals surface area contributed by atoms with E-state index in [9.17, 15) is 4.79 Å². The number of carbonyl (C=O) groups is 1. The van der Waals surface area contributed by atoms with Crippen LogP contribution in [0.3, 0.4) is 0 Å². The number of aryl methyl sites for hydroxylation is 2. The molecule has 0 saturated carbocycles. The van der Waals surface area contributed by atoms with Gasteiger partial charge in [-0.3, -0.25) is 0 Å². The summed E-state index contributed by atoms with van der Waals surface area (Å²) in [6.07, 6.45) is 2.59. The Morgan fingerprint density at radius 1 is 1.26 bits per heavy atom. The average molecular weight is 259 g/mol. The fourth-order valence-corrected chi connectivity index (χ4v) is 1.60. The molecule has 0 saturated heterocycles. The smallest absolute Gasteiger partial charge is 0.356 e. The maximum absolute atomic E-state index is 10.6. The molecule has 98 valence electrons. The second kappa shape index (κ2) is 5.38. The molecule has 7 nitrogen and oxygen atoms in total. The molecular weight excluding hydrogens is 246 g/mol. The summed E-state index contributed by atoms with van der Waals surface area (Å²) >= 11 is 0. The summed E-state index contributed by atoms with van der Waals surface area (Å²) in [5, 5.41) is 11.7. The second-order valence-corrected chi connectivity index (χ2v) is 3.99. The van der Waals surface area contributed by atoms with Crippen molar-refractivity contribution in [2.45, 2.75) is 20.4 Å². The Hall–Kier alpha value is -2.57. The molecule has 0 spiro atoms. The van der Waals surface area contributed by atoms with Gasteiger partial charge >= 0.3 is 5.97 Å². The molecular formula is C12H13N5O2. The van der Waals surface area contributed by atoms with Crippen LogP contribution < -0.4 is 5.32 Å². The van der Waals surface area contributed by atoms with Crippen LogP contribution in [0.4, 0.5) is 5.82 Å². The summed E-state index contributed by atoms with van der Waals surface area (Å²) in [6, 6.07) is 1.87. The number of hydrogen-bond acceptors (Lipinski definition) is 6. The van der Waals surface area contributed by atoms with E-state index in [0.717, 1.165) is 11.4 Å². The zero-order valence-electron chi connectivity index (χ0n) is 10.6. The van der Waals surface area contributed by atoms with Gasteiger partial charge in [-0.1, -0.05) is 0 Å². The van der Waals surface area contributed by atoms with Gasteiger partial charge in [0, 0.05) is 5.69 Å². The minimum Gasteiger partial charge on any atom is -0.476 e. The SMILES string of the molecule is Cc1cc(CNc2cnc(C(=O)O)cn2)nc(C)n1. The summed E-state index contributed by atoms with van der Waals surface area (Å²) in [4.78, 5) is 26.8. The predicted molar refractivity (Wildman–Crippen MR) is 67.8 cm³/mol. The number of aromatic nitrogens is 4. The van der Waals surface area contributed by atoms with Crippen molar-refractivity contribution in [1.29, 1.82) is 0 Å². The van der Waals surface area contributed by atoms with E-state index in [1.807, 2.05) is 19.9 Å². The van der Waals surface area contributed by atoms with Crippen LogP contribution in [0.15, 0.2) is 18.5 Å². The Kier molecular flexibility index (Phi) is 3.65. The van der Waals surface area contributed by atoms with Gasteiger partial charge in [0.1, 0.15) is 11.6 Å². The first-order valence-corrected chi connectivity index (χ1v) is 5.65. The lowest BCUT2D eigenvalue weighted by Crippen LogP contribution is -2.07. The molecule has 2 heterocycles. The standard InChI is InChI=1S/C12H13N5O2/c1-7-3-9(17-8(2)16-7)4-14-11-6-13-10(5-15-11)12(18)19/h3,5-6H,4H2,1-2H3,(H,14,15)(H,18,19). The van der Waals surface area contributed by atoms with Crippen molar-refractivity contribution in [3.63, 3.8) is 0 Å². The Morgan fingerprint density at radius 2 is 2.05 bits per heavy atom. The van der Waals surface area contributed by atoms with Crippen molar-refractivity contribution in [3.8, 4) is 0 Å². The molecule has 0 aliphatic rings. The Morgan fingerprint density at radius 3 is 2.63 bits per heavy atom. The summed E-state index contributed by atoms with van der Waals surface area (Å²) in [5.41, 5.74) is 1.66. The van der Waals surface area contributed by atoms with Crippen molar-refractivity contribution in [1.82, 2.24) is 19.9 Å². The van der Waals surface area contributed by atoms with Crippen molar-refractivity contribution in [2.75, 3.05) is 5.32 Å². The van der Waals surface area contributed by atoms with Gasteiger partial charge in [-0.2, -0.15) is 0 Å². The first-order chi connectivity index (χ1) is 9.04. The summed E-state index contributed by atoms with van der Waals surface area (Å²) in [5.74, 6) is 0.115. The van der Waals surface area contributed by atoms with E-state index >= 15 is 0 Å². The number of nitrogens with one attached hydrogen (secondary N) is 1. The Labute approximate surface area is 109 Å². The first kappa shape index (κ1) is 12.9. The maximum Gasteiger partial charge on any atom is 0.356 e. The van der Waals surface area contributed by atoms with Gasteiger partial charge in [-0.15, -0.1) is 0 Å². The normalized spacial score (nSPS) is 10.2. The molecule has 19 heavy (non-hydrogen) atoms. The molecule has 2 aromatic rings. The van der Waals surface area contributed by atoms with Crippen LogP contribution in [-0.2, 0) is 6.54 Å². The average Bonchev–Trinajstić information content (AvgIpc) is 2.36. The monoisotopic (exact) mass is 259 g/mol. The molecule has 7 heteroatoms. The van der Waals surface area contributed by atoms with Gasteiger partial charge in [0.25, 0.3) is 0 Å². The van der Waals surface area contributed by atoms with E-state index < -0.39 is 5.97 Å². The number of rotatable bonds is 4. The topological polar surface area (TPSA) is 101 Å². The van der Waals surface area contributed by atoms with Gasteiger partial charge in [-0.05, 0) is 19.9 Å². The molecule has 0 aromatic carbocycles. The summed E-state index contributed by atoms with van der Waals surface area (Å²) in [6.45, 7) is 4.21. The molecule has 0 amide bonds. The highest BCUT2D eigenvalue weighted by Crippen LogP contribution is 2.05. The van der Waals surface area contributed by atoms with Gasteiger partial charge in [0.05, 0.1) is 24.6 Å². The minimum atomic E-state index is -1.10. The van der Waals surface area contributed by atoms with E-state index in [1.165, 1.54) is 12.4 Å². The number of carboxylic acid groups (broad SMARTS) is 1. The fraction of sp³-hybridized carbons (Fsp3) is 0.250. The van der Waals surface area contributed by atoms with E-state index in [2.05, 4.69) is 25.3 Å². The third-order valence-corrected chi connectivity index (χ3v) is 2.34. The number of nitrogens with zero attached hydrogens (tertiary/aromatic N) is 4. The third-order valence-electron chi connectivity index (χ3n) is 2.34. The number of anilines is 1. The quantitative estimate of drug-likeness (QED) is 0.850. The van der Waals surface area contributed by atoms with Crippen LogP contribution in [-0.4, -0.2) is 31.0 Å². The molecule has 0 aliphatic heterocycles. The highest BCUT2D eigenvalue weighted by Gasteiger charge is 2.05. The minimum absolute atomic E-state index is 0.0840. The van der Waals surface area contributed by atoms with Crippen LogP contribution >= 0.6 is 0 Å². The zero-order valence-corrected chi connectivity index (χ0v) is 10.6. The van der Waals surface area contributed by atoms with Crippen LogP contribution in [0.1, 0.15) is 27.7 Å². The van der Waals surface area contributed by atoms with Crippen LogP contribution in [0.5, 0.6) is 0 Å². The molecule has 0 radical (unpaired) electrons. The van der Waals surface area contributed by atoms with Crippen molar-refractivity contribution >= 4 is 11.8 Å². The molecule has 0 unspecified atom stereocenters. The second-order valence-electron chi connectivity index (χ2n) is 3.99. The van der Waals surface area contributed by atoms with Crippen LogP contribution in [0.25, 0.3) is 0 Å². The molecule has 0 bridgehead atoms. The number of aromatic carboxylic acids is 1. The van der Waals surface area contributed by atoms with Crippen LogP contribution in [0, 0.1) is 13.8 Å². The lowest BCUT2D eigenvalue weighted by Gasteiger charge is -2.06. The van der Waals surface area contributed by atoms with E-state index in [-0.39, 0.29) is 5.69 Å². The van der Waals surface area contributed by atoms with E-state index in [1.54, 1.807) is 0 Å².